The number of hydrogen-bond acceptors (Lipinski definition) is 6. The Labute approximate surface area is 145 Å². The first kappa shape index (κ1) is 16.1. The predicted molar refractivity (Wildman–Crippen MR) is 87.0 cm³/mol. The fourth-order valence-corrected chi connectivity index (χ4v) is 3.15. The van der Waals surface area contributed by atoms with Crippen LogP contribution in [0.15, 0.2) is 40.9 Å². The molecule has 0 radical (unpaired) electrons. The normalized spacial score (nSPS) is 19.3. The minimum absolute atomic E-state index is 0.185. The van der Waals surface area contributed by atoms with Gasteiger partial charge in [0.05, 0.1) is 19.3 Å². The summed E-state index contributed by atoms with van der Waals surface area (Å²) >= 11 is 0. The molecule has 7 heteroatoms. The number of amides is 1. The summed E-state index contributed by atoms with van der Waals surface area (Å²) < 4.78 is 22.1. The van der Waals surface area contributed by atoms with E-state index >= 15 is 0 Å². The van der Waals surface area contributed by atoms with Crippen molar-refractivity contribution in [3.05, 3.63) is 47.7 Å². The van der Waals surface area contributed by atoms with Crippen LogP contribution in [-0.2, 0) is 16.1 Å². The summed E-state index contributed by atoms with van der Waals surface area (Å²) in [6.45, 7) is 2.76. The standard InChI is InChI=1S/C18H20N2O5/c21-17(20-8-6-18(7-9-20)23-10-11-24-18)15-12-16(19-25-15)22-13-14-4-2-1-3-5-14/h1-5,12H,6-11,13H2. The van der Waals surface area contributed by atoms with Crippen LogP contribution in [0.5, 0.6) is 5.88 Å². The van der Waals surface area contributed by atoms with Gasteiger partial charge in [-0.05, 0) is 10.7 Å². The van der Waals surface area contributed by atoms with E-state index in [1.165, 1.54) is 6.07 Å². The van der Waals surface area contributed by atoms with Crippen LogP contribution in [-0.4, -0.2) is 48.1 Å². The summed E-state index contributed by atoms with van der Waals surface area (Å²) in [6.07, 6.45) is 1.34. The van der Waals surface area contributed by atoms with Gasteiger partial charge in [-0.2, -0.15) is 0 Å². The summed E-state index contributed by atoms with van der Waals surface area (Å²) in [5.41, 5.74) is 1.02. The first-order valence-electron chi connectivity index (χ1n) is 8.45. The molecule has 25 heavy (non-hydrogen) atoms. The van der Waals surface area contributed by atoms with Gasteiger partial charge in [-0.25, -0.2) is 0 Å². The van der Waals surface area contributed by atoms with Gasteiger partial charge in [0.2, 0.25) is 5.76 Å². The number of carbonyl (C=O) groups excluding carboxylic acids is 1. The molecule has 7 nitrogen and oxygen atoms in total. The fraction of sp³-hybridized carbons (Fsp3) is 0.444. The van der Waals surface area contributed by atoms with Gasteiger partial charge >= 0.3 is 0 Å². The lowest BCUT2D eigenvalue weighted by Crippen LogP contribution is -2.47. The summed E-state index contributed by atoms with van der Waals surface area (Å²) in [5, 5.41) is 3.82. The Morgan fingerprint density at radius 1 is 1.16 bits per heavy atom. The topological polar surface area (TPSA) is 74.0 Å². The van der Waals surface area contributed by atoms with Crippen molar-refractivity contribution in [1.82, 2.24) is 10.1 Å². The molecule has 2 aliphatic heterocycles. The number of ether oxygens (including phenoxy) is 3. The maximum absolute atomic E-state index is 12.5. The Balaban J connectivity index is 1.33. The van der Waals surface area contributed by atoms with Crippen LogP contribution in [0, 0.1) is 0 Å². The molecule has 1 aromatic heterocycles. The SMILES string of the molecule is O=C(c1cc(OCc2ccccc2)no1)N1CCC2(CC1)OCCO2. The largest absolute Gasteiger partial charge is 0.471 e. The van der Waals surface area contributed by atoms with Gasteiger partial charge in [0.1, 0.15) is 6.61 Å². The Morgan fingerprint density at radius 2 is 1.88 bits per heavy atom. The second kappa shape index (κ2) is 6.85. The van der Waals surface area contributed by atoms with Crippen LogP contribution in [0.1, 0.15) is 29.0 Å². The second-order valence-corrected chi connectivity index (χ2v) is 6.20. The molecule has 0 saturated carbocycles. The molecule has 2 aromatic rings. The smallest absolute Gasteiger partial charge is 0.292 e. The van der Waals surface area contributed by atoms with Gasteiger partial charge in [0.15, 0.2) is 5.79 Å². The van der Waals surface area contributed by atoms with Crippen molar-refractivity contribution in [2.75, 3.05) is 26.3 Å². The molecule has 0 aliphatic carbocycles. The van der Waals surface area contributed by atoms with Crippen molar-refractivity contribution in [1.29, 1.82) is 0 Å². The molecule has 132 valence electrons. The molecule has 1 aromatic carbocycles. The van der Waals surface area contributed by atoms with E-state index in [0.29, 0.717) is 51.6 Å². The van der Waals surface area contributed by atoms with Crippen molar-refractivity contribution < 1.29 is 23.5 Å². The zero-order chi connectivity index (χ0) is 17.1. The third-order valence-corrected chi connectivity index (χ3v) is 4.55. The molecule has 3 heterocycles. The maximum atomic E-state index is 12.5. The van der Waals surface area contributed by atoms with E-state index in [9.17, 15) is 4.79 Å². The van der Waals surface area contributed by atoms with E-state index in [1.807, 2.05) is 30.3 Å². The van der Waals surface area contributed by atoms with E-state index in [4.69, 9.17) is 18.7 Å². The lowest BCUT2D eigenvalue weighted by Gasteiger charge is -2.37. The van der Waals surface area contributed by atoms with Crippen LogP contribution >= 0.6 is 0 Å². The molecule has 0 unspecified atom stereocenters. The molecule has 1 spiro atoms. The highest BCUT2D eigenvalue weighted by Gasteiger charge is 2.41. The van der Waals surface area contributed by atoms with Gasteiger partial charge in [0, 0.05) is 25.9 Å². The zero-order valence-electron chi connectivity index (χ0n) is 13.8. The Morgan fingerprint density at radius 3 is 2.60 bits per heavy atom. The lowest BCUT2D eigenvalue weighted by molar-refractivity contribution is -0.181. The van der Waals surface area contributed by atoms with Gasteiger partial charge < -0.3 is 23.6 Å². The third kappa shape index (κ3) is 3.52. The summed E-state index contributed by atoms with van der Waals surface area (Å²) in [6, 6.07) is 11.3. The molecule has 0 N–H and O–H groups in total. The molecule has 2 aliphatic rings. The fourth-order valence-electron chi connectivity index (χ4n) is 3.15. The third-order valence-electron chi connectivity index (χ3n) is 4.55. The number of aromatic nitrogens is 1. The zero-order valence-corrected chi connectivity index (χ0v) is 13.8. The molecule has 0 bridgehead atoms. The van der Waals surface area contributed by atoms with Crippen LogP contribution in [0.2, 0.25) is 0 Å². The first-order chi connectivity index (χ1) is 12.2. The van der Waals surface area contributed by atoms with E-state index in [1.54, 1.807) is 4.90 Å². The van der Waals surface area contributed by atoms with E-state index < -0.39 is 5.79 Å². The van der Waals surface area contributed by atoms with Crippen LogP contribution in [0.25, 0.3) is 0 Å². The molecule has 4 rings (SSSR count). The van der Waals surface area contributed by atoms with Gasteiger partial charge in [-0.3, -0.25) is 4.79 Å². The van der Waals surface area contributed by atoms with Gasteiger partial charge in [-0.1, -0.05) is 30.3 Å². The number of piperidine rings is 1. The average Bonchev–Trinajstić information content (AvgIpc) is 3.31. The Kier molecular flexibility index (Phi) is 4.42. The molecule has 0 atom stereocenters. The van der Waals surface area contributed by atoms with Crippen LogP contribution < -0.4 is 4.74 Å². The van der Waals surface area contributed by atoms with Crippen molar-refractivity contribution >= 4 is 5.91 Å². The molecular weight excluding hydrogens is 324 g/mol. The van der Waals surface area contributed by atoms with Crippen LogP contribution in [0.4, 0.5) is 0 Å². The summed E-state index contributed by atoms with van der Waals surface area (Å²) in [4.78, 5) is 14.3. The quantitative estimate of drug-likeness (QED) is 0.847. The number of hydrogen-bond donors (Lipinski definition) is 0. The molecule has 2 fully saturated rings. The first-order valence-corrected chi connectivity index (χ1v) is 8.45. The lowest BCUT2D eigenvalue weighted by atomic mass is 10.0. The van der Waals surface area contributed by atoms with E-state index in [-0.39, 0.29) is 11.7 Å². The number of likely N-dealkylation sites (tertiary alicyclic amines) is 1. The van der Waals surface area contributed by atoms with Gasteiger partial charge in [0.25, 0.3) is 11.8 Å². The summed E-state index contributed by atoms with van der Waals surface area (Å²) in [7, 11) is 0. The van der Waals surface area contributed by atoms with Crippen LogP contribution in [0.3, 0.4) is 0 Å². The summed E-state index contributed by atoms with van der Waals surface area (Å²) in [5.74, 6) is -0.187. The number of nitrogens with zero attached hydrogens (tertiary/aromatic N) is 2. The highest BCUT2D eigenvalue weighted by Crippen LogP contribution is 2.31. The highest BCUT2D eigenvalue weighted by molar-refractivity contribution is 5.91. The van der Waals surface area contributed by atoms with Crippen molar-refractivity contribution in [2.24, 2.45) is 0 Å². The van der Waals surface area contributed by atoms with E-state index in [0.717, 1.165) is 5.56 Å². The number of benzene rings is 1. The molecular formula is C18H20N2O5. The van der Waals surface area contributed by atoms with E-state index in [2.05, 4.69) is 5.16 Å². The molecule has 1 amide bonds. The van der Waals surface area contributed by atoms with Crippen molar-refractivity contribution in [2.45, 2.75) is 25.2 Å². The monoisotopic (exact) mass is 344 g/mol. The number of carbonyl (C=O) groups is 1. The maximum Gasteiger partial charge on any atom is 0.292 e. The molecule has 2 saturated heterocycles. The Bertz CT molecular complexity index is 714. The van der Waals surface area contributed by atoms with Crippen molar-refractivity contribution in [3.8, 4) is 5.88 Å². The number of rotatable bonds is 4. The average molecular weight is 344 g/mol. The van der Waals surface area contributed by atoms with Crippen molar-refractivity contribution in [3.63, 3.8) is 0 Å². The van der Waals surface area contributed by atoms with Gasteiger partial charge in [-0.15, -0.1) is 0 Å². The predicted octanol–water partition coefficient (Wildman–Crippen LogP) is 2.23. The minimum atomic E-state index is -0.498. The minimum Gasteiger partial charge on any atom is -0.471 e. The highest BCUT2D eigenvalue weighted by atomic mass is 16.7. The Hall–Kier alpha value is -2.38. The second-order valence-electron chi connectivity index (χ2n) is 6.20.